The molecule has 0 aliphatic heterocycles. The molecule has 0 saturated carbocycles. The van der Waals surface area contributed by atoms with Gasteiger partial charge in [-0.3, -0.25) is 4.72 Å². The first kappa shape index (κ1) is 17.7. The summed E-state index contributed by atoms with van der Waals surface area (Å²) < 4.78 is 27.7. The molecule has 0 saturated heterocycles. The summed E-state index contributed by atoms with van der Waals surface area (Å²) in [6, 6.07) is 13.0. The highest BCUT2D eigenvalue weighted by atomic mass is 35.5. The van der Waals surface area contributed by atoms with Crippen molar-refractivity contribution in [1.29, 1.82) is 0 Å². The Balaban J connectivity index is 1.95. The lowest BCUT2D eigenvalue weighted by Gasteiger charge is -2.11. The molecule has 1 heterocycles. The Labute approximate surface area is 155 Å². The number of nitrogens with one attached hydrogen (secondary N) is 1. The van der Waals surface area contributed by atoms with Crippen molar-refractivity contribution in [2.24, 2.45) is 0 Å². The molecule has 0 fully saturated rings. The topological polar surface area (TPSA) is 72.0 Å². The van der Waals surface area contributed by atoms with E-state index in [4.69, 9.17) is 23.2 Å². The van der Waals surface area contributed by atoms with Crippen molar-refractivity contribution in [2.75, 3.05) is 4.72 Å². The first-order valence-electron chi connectivity index (χ1n) is 7.23. The maximum atomic E-state index is 12.6. The summed E-state index contributed by atoms with van der Waals surface area (Å²) >= 11 is 11.9. The standard InChI is InChI=1S/C17H13Cl2N3O2S/c1-11-20-8-7-16(21-11)12-3-2-4-14(9-12)22-25(23,24)17-10-13(18)5-6-15(17)19/h2-10,22H,1H3. The molecule has 0 atom stereocenters. The van der Waals surface area contributed by atoms with E-state index in [1.807, 2.05) is 6.07 Å². The molecule has 1 N–H and O–H groups in total. The molecule has 0 unspecified atom stereocenters. The predicted octanol–water partition coefficient (Wildman–Crippen LogP) is 4.56. The van der Waals surface area contributed by atoms with Gasteiger partial charge in [-0.1, -0.05) is 35.3 Å². The summed E-state index contributed by atoms with van der Waals surface area (Å²) in [5, 5.41) is 0.384. The first-order chi connectivity index (χ1) is 11.8. The van der Waals surface area contributed by atoms with Crippen molar-refractivity contribution in [3.05, 3.63) is 70.6 Å². The van der Waals surface area contributed by atoms with Crippen molar-refractivity contribution < 1.29 is 8.42 Å². The second kappa shape index (κ2) is 7.00. The van der Waals surface area contributed by atoms with Crippen LogP contribution in [0.3, 0.4) is 0 Å². The molecule has 3 rings (SSSR count). The van der Waals surface area contributed by atoms with Crippen LogP contribution in [0.4, 0.5) is 5.69 Å². The molecular weight excluding hydrogens is 381 g/mol. The molecule has 8 heteroatoms. The summed E-state index contributed by atoms with van der Waals surface area (Å²) in [7, 11) is -3.87. The van der Waals surface area contributed by atoms with E-state index in [2.05, 4.69) is 14.7 Å². The number of nitrogens with zero attached hydrogens (tertiary/aromatic N) is 2. The van der Waals surface area contributed by atoms with Crippen molar-refractivity contribution in [1.82, 2.24) is 9.97 Å². The van der Waals surface area contributed by atoms with Gasteiger partial charge in [0.2, 0.25) is 0 Å². The van der Waals surface area contributed by atoms with Gasteiger partial charge in [0, 0.05) is 22.5 Å². The van der Waals surface area contributed by atoms with Crippen LogP contribution < -0.4 is 4.72 Å². The minimum Gasteiger partial charge on any atom is -0.280 e. The van der Waals surface area contributed by atoms with E-state index in [0.29, 0.717) is 17.2 Å². The van der Waals surface area contributed by atoms with Crippen LogP contribution in [-0.2, 0) is 10.0 Å². The summed E-state index contributed by atoms with van der Waals surface area (Å²) in [5.74, 6) is 0.634. The van der Waals surface area contributed by atoms with E-state index in [9.17, 15) is 8.42 Å². The van der Waals surface area contributed by atoms with E-state index < -0.39 is 10.0 Å². The van der Waals surface area contributed by atoms with Gasteiger partial charge >= 0.3 is 0 Å². The lowest BCUT2D eigenvalue weighted by Crippen LogP contribution is -2.13. The third-order valence-corrected chi connectivity index (χ3v) is 5.47. The molecule has 3 aromatic rings. The Morgan fingerprint density at radius 3 is 2.60 bits per heavy atom. The average molecular weight is 394 g/mol. The van der Waals surface area contributed by atoms with Gasteiger partial charge in [0.15, 0.2) is 0 Å². The highest BCUT2D eigenvalue weighted by Crippen LogP contribution is 2.28. The molecular formula is C17H13Cl2N3O2S. The van der Waals surface area contributed by atoms with Crippen molar-refractivity contribution in [2.45, 2.75) is 11.8 Å². The van der Waals surface area contributed by atoms with Crippen LogP contribution in [-0.4, -0.2) is 18.4 Å². The van der Waals surface area contributed by atoms with Gasteiger partial charge in [0.1, 0.15) is 10.7 Å². The summed E-state index contributed by atoms with van der Waals surface area (Å²) in [4.78, 5) is 8.31. The normalized spacial score (nSPS) is 11.3. The fourth-order valence-corrected chi connectivity index (χ4v) is 4.07. The molecule has 0 spiro atoms. The third-order valence-electron chi connectivity index (χ3n) is 3.37. The second-order valence-electron chi connectivity index (χ2n) is 5.25. The Morgan fingerprint density at radius 1 is 1.04 bits per heavy atom. The van der Waals surface area contributed by atoms with E-state index in [1.165, 1.54) is 18.2 Å². The maximum Gasteiger partial charge on any atom is 0.263 e. The zero-order valence-electron chi connectivity index (χ0n) is 13.1. The Bertz CT molecular complexity index is 1040. The van der Waals surface area contributed by atoms with Gasteiger partial charge in [0.25, 0.3) is 10.0 Å². The van der Waals surface area contributed by atoms with E-state index in [1.54, 1.807) is 37.4 Å². The highest BCUT2D eigenvalue weighted by molar-refractivity contribution is 7.92. The molecule has 0 aliphatic rings. The lowest BCUT2D eigenvalue weighted by atomic mass is 10.1. The molecule has 25 heavy (non-hydrogen) atoms. The third kappa shape index (κ3) is 4.10. The Morgan fingerprint density at radius 2 is 1.84 bits per heavy atom. The van der Waals surface area contributed by atoms with Crippen LogP contribution in [0.2, 0.25) is 10.0 Å². The molecule has 2 aromatic carbocycles. The van der Waals surface area contributed by atoms with E-state index in [0.717, 1.165) is 5.56 Å². The van der Waals surface area contributed by atoms with Crippen LogP contribution in [0.5, 0.6) is 0 Å². The fourth-order valence-electron chi connectivity index (χ4n) is 2.25. The number of anilines is 1. The van der Waals surface area contributed by atoms with Crippen LogP contribution in [0, 0.1) is 6.92 Å². The lowest BCUT2D eigenvalue weighted by molar-refractivity contribution is 0.601. The quantitative estimate of drug-likeness (QED) is 0.704. The Kier molecular flexibility index (Phi) is 4.94. The Hall–Kier alpha value is -2.15. The summed E-state index contributed by atoms with van der Waals surface area (Å²) in [6.45, 7) is 1.79. The number of aromatic nitrogens is 2. The average Bonchev–Trinajstić information content (AvgIpc) is 2.57. The molecule has 0 radical (unpaired) electrons. The molecule has 0 amide bonds. The zero-order chi connectivity index (χ0) is 18.0. The van der Waals surface area contributed by atoms with Gasteiger partial charge < -0.3 is 0 Å². The van der Waals surface area contributed by atoms with Gasteiger partial charge in [0.05, 0.1) is 10.7 Å². The van der Waals surface area contributed by atoms with Crippen LogP contribution >= 0.6 is 23.2 Å². The monoisotopic (exact) mass is 393 g/mol. The SMILES string of the molecule is Cc1nccc(-c2cccc(NS(=O)(=O)c3cc(Cl)ccc3Cl)c2)n1. The minimum atomic E-state index is -3.87. The number of hydrogen-bond acceptors (Lipinski definition) is 4. The van der Waals surface area contributed by atoms with Gasteiger partial charge in [-0.15, -0.1) is 0 Å². The number of aryl methyl sites for hydroxylation is 1. The number of rotatable bonds is 4. The first-order valence-corrected chi connectivity index (χ1v) is 9.47. The van der Waals surface area contributed by atoms with Gasteiger partial charge in [-0.2, -0.15) is 0 Å². The zero-order valence-corrected chi connectivity index (χ0v) is 15.4. The number of sulfonamides is 1. The fraction of sp³-hybridized carbons (Fsp3) is 0.0588. The molecule has 5 nitrogen and oxygen atoms in total. The minimum absolute atomic E-state index is 0.0787. The van der Waals surface area contributed by atoms with Crippen LogP contribution in [0.15, 0.2) is 59.6 Å². The maximum absolute atomic E-state index is 12.6. The number of benzene rings is 2. The summed E-state index contributed by atoms with van der Waals surface area (Å²) in [6.07, 6.45) is 1.65. The molecule has 0 aliphatic carbocycles. The second-order valence-corrected chi connectivity index (χ2v) is 7.74. The van der Waals surface area contributed by atoms with Gasteiger partial charge in [-0.25, -0.2) is 18.4 Å². The molecule has 128 valence electrons. The smallest absolute Gasteiger partial charge is 0.263 e. The van der Waals surface area contributed by atoms with Crippen LogP contribution in [0.1, 0.15) is 5.82 Å². The highest BCUT2D eigenvalue weighted by Gasteiger charge is 2.19. The predicted molar refractivity (Wildman–Crippen MR) is 99.5 cm³/mol. The number of hydrogen-bond donors (Lipinski definition) is 1. The molecule has 1 aromatic heterocycles. The summed E-state index contributed by atoms with van der Waals surface area (Å²) in [5.41, 5.74) is 1.86. The van der Waals surface area contributed by atoms with E-state index in [-0.39, 0.29) is 14.9 Å². The largest absolute Gasteiger partial charge is 0.280 e. The van der Waals surface area contributed by atoms with Crippen LogP contribution in [0.25, 0.3) is 11.3 Å². The van der Waals surface area contributed by atoms with Gasteiger partial charge in [-0.05, 0) is 43.3 Å². The van der Waals surface area contributed by atoms with Crippen molar-refractivity contribution >= 4 is 38.9 Å². The number of halogens is 2. The van der Waals surface area contributed by atoms with Crippen molar-refractivity contribution in [3.8, 4) is 11.3 Å². The van der Waals surface area contributed by atoms with Crippen molar-refractivity contribution in [3.63, 3.8) is 0 Å². The molecule has 0 bridgehead atoms. The van der Waals surface area contributed by atoms with E-state index >= 15 is 0 Å².